The number of nitrogens with one attached hydrogen (secondary N) is 1. The van der Waals surface area contributed by atoms with Gasteiger partial charge in [-0.25, -0.2) is 0 Å². The van der Waals surface area contributed by atoms with E-state index in [0.717, 1.165) is 31.1 Å². The molecule has 0 aromatic heterocycles. The maximum atomic E-state index is 8.79. The van der Waals surface area contributed by atoms with Gasteiger partial charge in [0.15, 0.2) is 0 Å². The third kappa shape index (κ3) is 3.94. The predicted octanol–water partition coefficient (Wildman–Crippen LogP) is 2.64. The van der Waals surface area contributed by atoms with Crippen LogP contribution in [0.1, 0.15) is 24.5 Å². The van der Waals surface area contributed by atoms with E-state index in [9.17, 15) is 0 Å². The second-order valence-electron chi connectivity index (χ2n) is 5.10. The normalized spacial score (nSPS) is 19.5. The van der Waals surface area contributed by atoms with Crippen molar-refractivity contribution in [2.24, 2.45) is 5.92 Å². The van der Waals surface area contributed by atoms with Gasteiger partial charge in [0.05, 0.1) is 11.6 Å². The molecule has 19 heavy (non-hydrogen) atoms. The summed E-state index contributed by atoms with van der Waals surface area (Å²) in [5, 5.41) is 12.9. The molecule has 1 N–H and O–H groups in total. The van der Waals surface area contributed by atoms with Crippen LogP contribution in [0.15, 0.2) is 18.2 Å². The van der Waals surface area contributed by atoms with Crippen molar-refractivity contribution in [3.8, 4) is 6.07 Å². The smallest absolute Gasteiger partial charge is 0.0992 e. The number of rotatable bonds is 5. The first-order valence-electron chi connectivity index (χ1n) is 6.84. The molecule has 1 fully saturated rings. The Morgan fingerprint density at radius 1 is 1.53 bits per heavy atom. The molecule has 1 aromatic carbocycles. The lowest BCUT2D eigenvalue weighted by Crippen LogP contribution is -2.26. The fourth-order valence-electron chi connectivity index (χ4n) is 2.54. The third-order valence-corrected chi connectivity index (χ3v) is 4.10. The van der Waals surface area contributed by atoms with Crippen molar-refractivity contribution in [1.82, 2.24) is 10.2 Å². The Morgan fingerprint density at radius 2 is 2.37 bits per heavy atom. The summed E-state index contributed by atoms with van der Waals surface area (Å²) in [5.74, 6) is 0.747. The van der Waals surface area contributed by atoms with Crippen LogP contribution in [0, 0.1) is 17.2 Å². The maximum Gasteiger partial charge on any atom is 0.0992 e. The summed E-state index contributed by atoms with van der Waals surface area (Å²) in [4.78, 5) is 2.49. The zero-order valence-corrected chi connectivity index (χ0v) is 12.1. The van der Waals surface area contributed by atoms with Crippen LogP contribution in [0.3, 0.4) is 0 Å². The predicted molar refractivity (Wildman–Crippen MR) is 78.1 cm³/mol. The third-order valence-electron chi connectivity index (χ3n) is 3.75. The molecule has 0 amide bonds. The van der Waals surface area contributed by atoms with Crippen LogP contribution < -0.4 is 5.32 Å². The Morgan fingerprint density at radius 3 is 3.00 bits per heavy atom. The number of hydrogen-bond acceptors (Lipinski definition) is 3. The number of nitriles is 1. The minimum absolute atomic E-state index is 0.614. The molecule has 1 unspecified atom stereocenters. The lowest BCUT2D eigenvalue weighted by atomic mass is 10.1. The molecule has 3 nitrogen and oxygen atoms in total. The van der Waals surface area contributed by atoms with Crippen molar-refractivity contribution in [1.29, 1.82) is 5.26 Å². The summed E-state index contributed by atoms with van der Waals surface area (Å²) >= 11 is 6.15. The van der Waals surface area contributed by atoms with Gasteiger partial charge in [0.2, 0.25) is 0 Å². The highest BCUT2D eigenvalue weighted by Crippen LogP contribution is 2.18. The minimum atomic E-state index is 0.614. The SMILES string of the molecule is CCN1CCC(CNCc2ccc(C#N)cc2Cl)C1. The summed E-state index contributed by atoms with van der Waals surface area (Å²) in [6.07, 6.45) is 1.28. The first-order valence-corrected chi connectivity index (χ1v) is 7.22. The highest BCUT2D eigenvalue weighted by molar-refractivity contribution is 6.31. The van der Waals surface area contributed by atoms with Gasteiger partial charge in [0.1, 0.15) is 0 Å². The van der Waals surface area contributed by atoms with Crippen molar-refractivity contribution in [2.45, 2.75) is 19.9 Å². The molecule has 1 aliphatic heterocycles. The number of likely N-dealkylation sites (tertiary alicyclic amines) is 1. The monoisotopic (exact) mass is 277 g/mol. The Hall–Kier alpha value is -1.08. The van der Waals surface area contributed by atoms with Crippen molar-refractivity contribution >= 4 is 11.6 Å². The molecule has 0 radical (unpaired) electrons. The molecule has 2 rings (SSSR count). The van der Waals surface area contributed by atoms with E-state index in [2.05, 4.69) is 23.2 Å². The quantitative estimate of drug-likeness (QED) is 0.899. The van der Waals surface area contributed by atoms with Gasteiger partial charge < -0.3 is 10.2 Å². The molecule has 0 aliphatic carbocycles. The van der Waals surface area contributed by atoms with Gasteiger partial charge in [0, 0.05) is 18.1 Å². The standard InChI is InChI=1S/C15H20ClN3/c1-2-19-6-5-13(11-19)9-18-10-14-4-3-12(8-17)7-15(14)16/h3-4,7,13,18H,2,5-6,9-11H2,1H3. The van der Waals surface area contributed by atoms with Gasteiger partial charge in [-0.2, -0.15) is 5.26 Å². The lowest BCUT2D eigenvalue weighted by Gasteiger charge is -2.14. The maximum absolute atomic E-state index is 8.79. The van der Waals surface area contributed by atoms with Crippen LogP contribution in [0.2, 0.25) is 5.02 Å². The number of halogens is 1. The molecule has 1 atom stereocenters. The number of benzene rings is 1. The van der Waals surface area contributed by atoms with Gasteiger partial charge in [-0.05, 0) is 49.7 Å². The van der Waals surface area contributed by atoms with E-state index in [1.807, 2.05) is 12.1 Å². The molecule has 4 heteroatoms. The Kier molecular flexibility index (Phi) is 5.21. The molecule has 1 heterocycles. The van der Waals surface area contributed by atoms with E-state index in [-0.39, 0.29) is 0 Å². The zero-order valence-electron chi connectivity index (χ0n) is 11.3. The molecular weight excluding hydrogens is 258 g/mol. The van der Waals surface area contributed by atoms with Gasteiger partial charge in [-0.15, -0.1) is 0 Å². The fourth-order valence-corrected chi connectivity index (χ4v) is 2.79. The van der Waals surface area contributed by atoms with E-state index in [1.165, 1.54) is 19.5 Å². The second-order valence-corrected chi connectivity index (χ2v) is 5.50. The summed E-state index contributed by atoms with van der Waals surface area (Å²) < 4.78 is 0. The van der Waals surface area contributed by atoms with Crippen LogP contribution in [0.4, 0.5) is 0 Å². The summed E-state index contributed by atoms with van der Waals surface area (Å²) in [7, 11) is 0. The van der Waals surface area contributed by atoms with Crippen LogP contribution in [0.5, 0.6) is 0 Å². The molecule has 0 saturated carbocycles. The van der Waals surface area contributed by atoms with Crippen LogP contribution >= 0.6 is 11.6 Å². The van der Waals surface area contributed by atoms with Gasteiger partial charge in [-0.3, -0.25) is 0 Å². The van der Waals surface area contributed by atoms with Gasteiger partial charge >= 0.3 is 0 Å². The van der Waals surface area contributed by atoms with E-state index >= 15 is 0 Å². The number of nitrogens with zero attached hydrogens (tertiary/aromatic N) is 2. The van der Waals surface area contributed by atoms with E-state index in [4.69, 9.17) is 16.9 Å². The molecule has 0 bridgehead atoms. The molecule has 1 aliphatic rings. The van der Waals surface area contributed by atoms with Gasteiger partial charge in [-0.1, -0.05) is 24.6 Å². The summed E-state index contributed by atoms with van der Waals surface area (Å²) in [5.41, 5.74) is 1.68. The second kappa shape index (κ2) is 6.91. The summed E-state index contributed by atoms with van der Waals surface area (Å²) in [6, 6.07) is 7.57. The number of hydrogen-bond donors (Lipinski definition) is 1. The first-order chi connectivity index (χ1) is 9.22. The van der Waals surface area contributed by atoms with Crippen molar-refractivity contribution in [2.75, 3.05) is 26.2 Å². The first kappa shape index (κ1) is 14.3. The average Bonchev–Trinajstić information content (AvgIpc) is 2.88. The van der Waals surface area contributed by atoms with Crippen molar-refractivity contribution in [3.05, 3.63) is 34.3 Å². The Bertz CT molecular complexity index is 467. The Labute approximate surface area is 120 Å². The molecule has 0 spiro atoms. The van der Waals surface area contributed by atoms with Gasteiger partial charge in [0.25, 0.3) is 0 Å². The van der Waals surface area contributed by atoms with Crippen LogP contribution in [-0.2, 0) is 6.54 Å². The van der Waals surface area contributed by atoms with Crippen molar-refractivity contribution in [3.63, 3.8) is 0 Å². The van der Waals surface area contributed by atoms with Crippen molar-refractivity contribution < 1.29 is 0 Å². The zero-order chi connectivity index (χ0) is 13.7. The molecule has 1 aromatic rings. The fraction of sp³-hybridized carbons (Fsp3) is 0.533. The molecule has 102 valence electrons. The average molecular weight is 278 g/mol. The lowest BCUT2D eigenvalue weighted by molar-refractivity contribution is 0.339. The minimum Gasteiger partial charge on any atom is -0.312 e. The van der Waals surface area contributed by atoms with E-state index in [0.29, 0.717) is 10.6 Å². The summed E-state index contributed by atoms with van der Waals surface area (Å²) in [6.45, 7) is 7.59. The van der Waals surface area contributed by atoms with E-state index in [1.54, 1.807) is 6.07 Å². The molecule has 1 saturated heterocycles. The highest BCUT2D eigenvalue weighted by Gasteiger charge is 2.20. The largest absolute Gasteiger partial charge is 0.312 e. The van der Waals surface area contributed by atoms with E-state index < -0.39 is 0 Å². The van der Waals surface area contributed by atoms with Crippen LogP contribution in [0.25, 0.3) is 0 Å². The van der Waals surface area contributed by atoms with Crippen LogP contribution in [-0.4, -0.2) is 31.1 Å². The molecular formula is C15H20ClN3. The highest BCUT2D eigenvalue weighted by atomic mass is 35.5. The topological polar surface area (TPSA) is 39.1 Å². The Balaban J connectivity index is 1.79.